The zero-order chi connectivity index (χ0) is 11.7. The highest BCUT2D eigenvalue weighted by Gasteiger charge is 2.14. The van der Waals surface area contributed by atoms with E-state index in [4.69, 9.17) is 4.74 Å². The van der Waals surface area contributed by atoms with Gasteiger partial charge in [-0.15, -0.1) is 12.6 Å². The normalized spacial score (nSPS) is 11.1. The van der Waals surface area contributed by atoms with Gasteiger partial charge >= 0.3 is 0 Å². The molecule has 0 radical (unpaired) electrons. The number of ether oxygens (including phenoxy) is 1. The van der Waals surface area contributed by atoms with E-state index in [0.717, 1.165) is 0 Å². The molecular formula is C9H7F2N3OS. The predicted octanol–water partition coefficient (Wildman–Crippen LogP) is 2.26. The van der Waals surface area contributed by atoms with Gasteiger partial charge in [0.25, 0.3) is 6.43 Å². The maximum atomic E-state index is 12.4. The number of nitrogens with zero attached hydrogens (tertiary/aromatic N) is 3. The zero-order valence-electron chi connectivity index (χ0n) is 8.19. The van der Waals surface area contributed by atoms with E-state index in [-0.39, 0.29) is 10.7 Å². The summed E-state index contributed by atoms with van der Waals surface area (Å²) < 4.78 is 29.8. The Bertz CT molecular complexity index is 535. The van der Waals surface area contributed by atoms with Crippen molar-refractivity contribution >= 4 is 23.7 Å². The molecule has 0 saturated carbocycles. The molecule has 2 heterocycles. The molecule has 0 aliphatic carbocycles. The SMILES string of the molecule is COc1cnc2nc(C(F)F)nc(S)c2c1. The van der Waals surface area contributed by atoms with Crippen LogP contribution in [0.2, 0.25) is 0 Å². The quantitative estimate of drug-likeness (QED) is 0.649. The summed E-state index contributed by atoms with van der Waals surface area (Å²) in [5.41, 5.74) is 0.177. The molecule has 4 nitrogen and oxygen atoms in total. The van der Waals surface area contributed by atoms with Gasteiger partial charge in [-0.3, -0.25) is 0 Å². The minimum atomic E-state index is -2.74. The Kier molecular flexibility index (Phi) is 2.86. The summed E-state index contributed by atoms with van der Waals surface area (Å²) >= 11 is 4.02. The number of thiol groups is 1. The Balaban J connectivity index is 2.66. The van der Waals surface area contributed by atoms with Crippen molar-refractivity contribution in [2.24, 2.45) is 0 Å². The average Bonchev–Trinajstić information content (AvgIpc) is 2.28. The van der Waals surface area contributed by atoms with E-state index < -0.39 is 12.2 Å². The first kappa shape index (κ1) is 11.0. The number of halogens is 2. The molecule has 0 atom stereocenters. The van der Waals surface area contributed by atoms with Crippen molar-refractivity contribution in [3.05, 3.63) is 18.1 Å². The number of pyridine rings is 1. The molecule has 2 aromatic heterocycles. The van der Waals surface area contributed by atoms with Gasteiger partial charge in [0.05, 0.1) is 18.7 Å². The molecule has 16 heavy (non-hydrogen) atoms. The molecule has 0 aliphatic heterocycles. The van der Waals surface area contributed by atoms with E-state index in [9.17, 15) is 8.78 Å². The van der Waals surface area contributed by atoms with E-state index in [1.165, 1.54) is 13.3 Å². The van der Waals surface area contributed by atoms with Crippen molar-refractivity contribution in [3.8, 4) is 5.75 Å². The second kappa shape index (κ2) is 4.17. The van der Waals surface area contributed by atoms with Gasteiger partial charge in [-0.05, 0) is 6.07 Å². The van der Waals surface area contributed by atoms with Crippen molar-refractivity contribution in [2.45, 2.75) is 11.5 Å². The van der Waals surface area contributed by atoms with Gasteiger partial charge < -0.3 is 4.74 Å². The zero-order valence-corrected chi connectivity index (χ0v) is 9.08. The van der Waals surface area contributed by atoms with Crippen molar-refractivity contribution in [3.63, 3.8) is 0 Å². The van der Waals surface area contributed by atoms with Crippen LogP contribution >= 0.6 is 12.6 Å². The third kappa shape index (κ3) is 1.90. The summed E-state index contributed by atoms with van der Waals surface area (Å²) in [7, 11) is 1.48. The van der Waals surface area contributed by atoms with Gasteiger partial charge in [-0.1, -0.05) is 0 Å². The second-order valence-electron chi connectivity index (χ2n) is 2.95. The lowest BCUT2D eigenvalue weighted by Crippen LogP contribution is -1.99. The lowest BCUT2D eigenvalue weighted by Gasteiger charge is -2.05. The van der Waals surface area contributed by atoms with Crippen LogP contribution in [0.1, 0.15) is 12.2 Å². The molecule has 0 saturated heterocycles. The van der Waals surface area contributed by atoms with Gasteiger partial charge in [-0.2, -0.15) is 0 Å². The highest BCUT2D eigenvalue weighted by molar-refractivity contribution is 7.80. The number of rotatable bonds is 2. The van der Waals surface area contributed by atoms with Crippen molar-refractivity contribution < 1.29 is 13.5 Å². The van der Waals surface area contributed by atoms with E-state index in [0.29, 0.717) is 11.1 Å². The molecule has 7 heteroatoms. The van der Waals surface area contributed by atoms with E-state index in [1.54, 1.807) is 6.07 Å². The van der Waals surface area contributed by atoms with Crippen molar-refractivity contribution in [2.75, 3.05) is 7.11 Å². The van der Waals surface area contributed by atoms with Gasteiger partial charge in [0.2, 0.25) is 0 Å². The molecule has 0 fully saturated rings. The van der Waals surface area contributed by atoms with Gasteiger partial charge in [-0.25, -0.2) is 23.7 Å². The molecule has 0 spiro atoms. The number of hydrogen-bond donors (Lipinski definition) is 1. The van der Waals surface area contributed by atoms with Crippen LogP contribution in [0.3, 0.4) is 0 Å². The summed E-state index contributed by atoms with van der Waals surface area (Å²) in [5, 5.41) is 0.638. The standard InChI is InChI=1S/C9H7F2N3OS/c1-15-4-2-5-7(12-3-4)13-8(6(10)11)14-9(5)16/h2-3,6H,1H3,(H,12,13,14,16). The monoisotopic (exact) mass is 243 g/mol. The smallest absolute Gasteiger partial charge is 0.297 e. The first-order chi connectivity index (χ1) is 7.61. The van der Waals surface area contributed by atoms with E-state index in [1.807, 2.05) is 0 Å². The number of fused-ring (bicyclic) bond motifs is 1. The Labute approximate surface area is 95.1 Å². The molecular weight excluding hydrogens is 236 g/mol. The van der Waals surface area contributed by atoms with Crippen LogP contribution in [0, 0.1) is 0 Å². The third-order valence-corrected chi connectivity index (χ3v) is 2.30. The first-order valence-electron chi connectivity index (χ1n) is 4.30. The van der Waals surface area contributed by atoms with Crippen LogP contribution in [0.15, 0.2) is 17.3 Å². The molecule has 2 aromatic rings. The molecule has 84 valence electrons. The van der Waals surface area contributed by atoms with Crippen molar-refractivity contribution in [1.82, 2.24) is 15.0 Å². The minimum Gasteiger partial charge on any atom is -0.495 e. The van der Waals surface area contributed by atoms with Gasteiger partial charge in [0.1, 0.15) is 10.8 Å². The fourth-order valence-corrected chi connectivity index (χ4v) is 1.47. The van der Waals surface area contributed by atoms with Crippen LogP contribution in [-0.2, 0) is 0 Å². The lowest BCUT2D eigenvalue weighted by molar-refractivity contribution is 0.140. The van der Waals surface area contributed by atoms with Gasteiger partial charge in [0.15, 0.2) is 11.5 Å². The molecule has 0 aliphatic rings. The van der Waals surface area contributed by atoms with E-state index in [2.05, 4.69) is 27.6 Å². The Morgan fingerprint density at radius 1 is 1.38 bits per heavy atom. The molecule has 0 aromatic carbocycles. The van der Waals surface area contributed by atoms with Crippen molar-refractivity contribution in [1.29, 1.82) is 0 Å². The summed E-state index contributed by atoms with van der Waals surface area (Å²) in [5.74, 6) is -0.0774. The molecule has 0 bridgehead atoms. The Morgan fingerprint density at radius 3 is 2.75 bits per heavy atom. The van der Waals surface area contributed by atoms with E-state index >= 15 is 0 Å². The van der Waals surface area contributed by atoms with Crippen LogP contribution in [-0.4, -0.2) is 22.1 Å². The summed E-state index contributed by atoms with van der Waals surface area (Å²) in [6, 6.07) is 1.60. The highest BCUT2D eigenvalue weighted by Crippen LogP contribution is 2.24. The number of aromatic nitrogens is 3. The first-order valence-corrected chi connectivity index (χ1v) is 4.75. The average molecular weight is 243 g/mol. The molecule has 2 rings (SSSR count). The number of alkyl halides is 2. The molecule has 0 unspecified atom stereocenters. The fourth-order valence-electron chi connectivity index (χ4n) is 1.20. The van der Waals surface area contributed by atoms with Crippen LogP contribution in [0.4, 0.5) is 8.78 Å². The largest absolute Gasteiger partial charge is 0.495 e. The van der Waals surface area contributed by atoms with Crippen LogP contribution in [0.25, 0.3) is 11.0 Å². The maximum Gasteiger partial charge on any atom is 0.297 e. The Hall–Kier alpha value is -1.50. The maximum absolute atomic E-state index is 12.4. The van der Waals surface area contributed by atoms with Crippen LogP contribution < -0.4 is 4.74 Å². The topological polar surface area (TPSA) is 47.9 Å². The highest BCUT2D eigenvalue weighted by atomic mass is 32.1. The fraction of sp³-hybridized carbons (Fsp3) is 0.222. The van der Waals surface area contributed by atoms with Crippen LogP contribution in [0.5, 0.6) is 5.75 Å². The number of hydrogen-bond acceptors (Lipinski definition) is 5. The minimum absolute atomic E-state index is 0.159. The summed E-state index contributed by atoms with van der Waals surface area (Å²) in [6.45, 7) is 0. The second-order valence-corrected chi connectivity index (χ2v) is 3.38. The Morgan fingerprint density at radius 2 is 2.12 bits per heavy atom. The summed E-state index contributed by atoms with van der Waals surface area (Å²) in [6.07, 6.45) is -1.34. The third-order valence-electron chi connectivity index (χ3n) is 1.95. The molecule has 0 amide bonds. The number of methoxy groups -OCH3 is 1. The lowest BCUT2D eigenvalue weighted by atomic mass is 10.3. The summed E-state index contributed by atoms with van der Waals surface area (Å²) in [4.78, 5) is 11.1. The van der Waals surface area contributed by atoms with Gasteiger partial charge in [0, 0.05) is 0 Å². The predicted molar refractivity (Wildman–Crippen MR) is 56.1 cm³/mol. The molecule has 0 N–H and O–H groups in total.